The van der Waals surface area contributed by atoms with Crippen molar-refractivity contribution in [3.63, 3.8) is 0 Å². The number of aromatic amines is 1. The number of amides is 1. The molecular weight excluding hydrogens is 280 g/mol. The molecule has 1 aliphatic rings. The van der Waals surface area contributed by atoms with Crippen molar-refractivity contribution in [2.75, 3.05) is 6.54 Å². The Bertz CT molecular complexity index is 660. The van der Waals surface area contributed by atoms with Gasteiger partial charge in [0, 0.05) is 12.7 Å². The summed E-state index contributed by atoms with van der Waals surface area (Å²) in [6, 6.07) is 4.54. The number of β-amino-alcohol motifs (C(OH)–C–C–N with tert-alkyl or cyclic N) is 1. The molecule has 2 heterocycles. The summed E-state index contributed by atoms with van der Waals surface area (Å²) in [5.74, 6) is -2.25. The van der Waals surface area contributed by atoms with E-state index in [1.54, 1.807) is 0 Å². The summed E-state index contributed by atoms with van der Waals surface area (Å²) in [6.45, 7) is 0.140. The van der Waals surface area contributed by atoms with Gasteiger partial charge in [-0.2, -0.15) is 5.10 Å². The maximum absolute atomic E-state index is 13.4. The van der Waals surface area contributed by atoms with Crippen LogP contribution in [0.5, 0.6) is 0 Å². The van der Waals surface area contributed by atoms with E-state index >= 15 is 0 Å². The van der Waals surface area contributed by atoms with Crippen LogP contribution in [-0.4, -0.2) is 38.8 Å². The molecule has 2 N–H and O–H groups in total. The predicted octanol–water partition coefficient (Wildman–Crippen LogP) is 1.64. The highest BCUT2D eigenvalue weighted by Crippen LogP contribution is 2.33. The summed E-state index contributed by atoms with van der Waals surface area (Å²) >= 11 is 0. The van der Waals surface area contributed by atoms with Crippen LogP contribution in [0, 0.1) is 11.6 Å². The number of aromatic nitrogens is 2. The number of hydrogen-bond donors (Lipinski definition) is 2. The summed E-state index contributed by atoms with van der Waals surface area (Å²) in [5.41, 5.74) is 0.745. The summed E-state index contributed by atoms with van der Waals surface area (Å²) in [5, 5.41) is 16.1. The number of benzene rings is 1. The summed E-state index contributed by atoms with van der Waals surface area (Å²) < 4.78 is 26.4. The molecule has 0 aliphatic carbocycles. The van der Waals surface area contributed by atoms with E-state index in [9.17, 15) is 18.7 Å². The van der Waals surface area contributed by atoms with Crippen LogP contribution in [-0.2, 0) is 0 Å². The molecule has 110 valence electrons. The molecule has 1 fully saturated rings. The van der Waals surface area contributed by atoms with E-state index in [-0.39, 0.29) is 24.6 Å². The first-order chi connectivity index (χ1) is 10.1. The van der Waals surface area contributed by atoms with E-state index in [0.717, 1.165) is 12.1 Å². The Morgan fingerprint density at radius 3 is 2.81 bits per heavy atom. The number of nitrogens with zero attached hydrogens (tertiary/aromatic N) is 2. The molecule has 21 heavy (non-hydrogen) atoms. The number of nitrogens with one attached hydrogen (secondary N) is 1. The van der Waals surface area contributed by atoms with Crippen molar-refractivity contribution in [3.8, 4) is 0 Å². The molecule has 0 saturated carbocycles. The molecule has 0 bridgehead atoms. The lowest BCUT2D eigenvalue weighted by atomic mass is 10.0. The minimum Gasteiger partial charge on any atom is -0.391 e. The molecule has 1 saturated heterocycles. The Hall–Kier alpha value is -2.28. The van der Waals surface area contributed by atoms with Gasteiger partial charge in [-0.05, 0) is 30.2 Å². The Balaban J connectivity index is 1.92. The Labute approximate surface area is 119 Å². The average Bonchev–Trinajstić information content (AvgIpc) is 3.10. The minimum absolute atomic E-state index is 0.140. The van der Waals surface area contributed by atoms with Crippen LogP contribution in [0.1, 0.15) is 28.5 Å². The van der Waals surface area contributed by atoms with Gasteiger partial charge in [-0.25, -0.2) is 8.78 Å². The minimum atomic E-state index is -0.970. The van der Waals surface area contributed by atoms with E-state index in [2.05, 4.69) is 10.2 Å². The Morgan fingerprint density at radius 1 is 1.33 bits per heavy atom. The van der Waals surface area contributed by atoms with Crippen molar-refractivity contribution in [2.45, 2.75) is 18.6 Å². The smallest absolute Gasteiger partial charge is 0.272 e. The van der Waals surface area contributed by atoms with Crippen LogP contribution in [0.25, 0.3) is 0 Å². The SMILES string of the molecule is O=C(c1ccn[nH]1)N1C[C@H](O)C[C@@H]1c1ccc(F)c(F)c1. The molecule has 5 nitrogen and oxygen atoms in total. The molecule has 0 radical (unpaired) electrons. The van der Waals surface area contributed by atoms with Gasteiger partial charge in [-0.15, -0.1) is 0 Å². The number of aliphatic hydroxyl groups is 1. The van der Waals surface area contributed by atoms with Crippen molar-refractivity contribution < 1.29 is 18.7 Å². The topological polar surface area (TPSA) is 69.2 Å². The lowest BCUT2D eigenvalue weighted by molar-refractivity contribution is 0.0709. The van der Waals surface area contributed by atoms with Crippen molar-refractivity contribution in [1.82, 2.24) is 15.1 Å². The number of carbonyl (C=O) groups is 1. The van der Waals surface area contributed by atoms with Gasteiger partial charge in [0.2, 0.25) is 0 Å². The van der Waals surface area contributed by atoms with E-state index in [1.807, 2.05) is 0 Å². The van der Waals surface area contributed by atoms with Crippen LogP contribution < -0.4 is 0 Å². The summed E-state index contributed by atoms with van der Waals surface area (Å²) in [4.78, 5) is 13.8. The molecule has 1 aromatic heterocycles. The standard InChI is InChI=1S/C14H13F2N3O2/c15-10-2-1-8(5-11(10)16)13-6-9(20)7-19(13)14(21)12-3-4-17-18-12/h1-5,9,13,20H,6-7H2,(H,17,18)/t9-,13-/m1/s1. The second-order valence-corrected chi connectivity index (χ2v) is 5.01. The van der Waals surface area contributed by atoms with Crippen LogP contribution in [0.2, 0.25) is 0 Å². The maximum atomic E-state index is 13.4. The van der Waals surface area contributed by atoms with Crippen LogP contribution in [0.15, 0.2) is 30.5 Å². The van der Waals surface area contributed by atoms with Gasteiger partial charge in [0.05, 0.1) is 12.1 Å². The fourth-order valence-electron chi connectivity index (χ4n) is 2.60. The normalized spacial score (nSPS) is 21.8. The third-order valence-electron chi connectivity index (χ3n) is 3.60. The van der Waals surface area contributed by atoms with Gasteiger partial charge in [-0.1, -0.05) is 6.07 Å². The highest BCUT2D eigenvalue weighted by Gasteiger charge is 2.36. The van der Waals surface area contributed by atoms with Gasteiger partial charge in [0.25, 0.3) is 5.91 Å². The number of rotatable bonds is 2. The first-order valence-electron chi connectivity index (χ1n) is 6.49. The number of aliphatic hydroxyl groups excluding tert-OH is 1. The quantitative estimate of drug-likeness (QED) is 0.884. The van der Waals surface area contributed by atoms with Gasteiger partial charge >= 0.3 is 0 Å². The number of halogens is 2. The van der Waals surface area contributed by atoms with Crippen molar-refractivity contribution >= 4 is 5.91 Å². The molecule has 0 spiro atoms. The van der Waals surface area contributed by atoms with Crippen LogP contribution in [0.4, 0.5) is 8.78 Å². The van der Waals surface area contributed by atoms with Gasteiger partial charge in [-0.3, -0.25) is 9.89 Å². The number of likely N-dealkylation sites (tertiary alicyclic amines) is 1. The zero-order chi connectivity index (χ0) is 15.0. The largest absolute Gasteiger partial charge is 0.391 e. The van der Waals surface area contributed by atoms with Crippen LogP contribution in [0.3, 0.4) is 0 Å². The summed E-state index contributed by atoms with van der Waals surface area (Å²) in [7, 11) is 0. The van der Waals surface area contributed by atoms with Crippen molar-refractivity contribution in [3.05, 3.63) is 53.4 Å². The molecule has 1 aliphatic heterocycles. The Morgan fingerprint density at radius 2 is 2.14 bits per heavy atom. The molecular formula is C14H13F2N3O2. The zero-order valence-corrected chi connectivity index (χ0v) is 11.0. The average molecular weight is 293 g/mol. The fourth-order valence-corrected chi connectivity index (χ4v) is 2.60. The predicted molar refractivity (Wildman–Crippen MR) is 69.3 cm³/mol. The fraction of sp³-hybridized carbons (Fsp3) is 0.286. The van der Waals surface area contributed by atoms with Gasteiger partial charge < -0.3 is 10.0 Å². The summed E-state index contributed by atoms with van der Waals surface area (Å²) in [6.07, 6.45) is 1.03. The number of carbonyl (C=O) groups excluding carboxylic acids is 1. The molecule has 7 heteroatoms. The second kappa shape index (κ2) is 5.25. The molecule has 1 aromatic carbocycles. The van der Waals surface area contributed by atoms with Gasteiger partial charge in [0.15, 0.2) is 11.6 Å². The van der Waals surface area contributed by atoms with Gasteiger partial charge in [0.1, 0.15) is 5.69 Å². The molecule has 0 unspecified atom stereocenters. The molecule has 2 aromatic rings. The number of H-pyrrole nitrogens is 1. The first-order valence-corrected chi connectivity index (χ1v) is 6.49. The van der Waals surface area contributed by atoms with E-state index in [1.165, 1.54) is 23.2 Å². The Kier molecular flexibility index (Phi) is 3.42. The molecule has 2 atom stereocenters. The zero-order valence-electron chi connectivity index (χ0n) is 11.0. The number of hydrogen-bond acceptors (Lipinski definition) is 3. The van der Waals surface area contributed by atoms with Crippen molar-refractivity contribution in [2.24, 2.45) is 0 Å². The highest BCUT2D eigenvalue weighted by molar-refractivity contribution is 5.92. The van der Waals surface area contributed by atoms with Crippen LogP contribution >= 0.6 is 0 Å². The first kappa shape index (κ1) is 13.7. The maximum Gasteiger partial charge on any atom is 0.272 e. The molecule has 1 amide bonds. The molecule has 3 rings (SSSR count). The highest BCUT2D eigenvalue weighted by atomic mass is 19.2. The monoisotopic (exact) mass is 293 g/mol. The lowest BCUT2D eigenvalue weighted by Crippen LogP contribution is -2.32. The van der Waals surface area contributed by atoms with E-state index in [4.69, 9.17) is 0 Å². The third-order valence-corrected chi connectivity index (χ3v) is 3.60. The van der Waals surface area contributed by atoms with Crippen molar-refractivity contribution in [1.29, 1.82) is 0 Å². The third kappa shape index (κ3) is 2.52. The second-order valence-electron chi connectivity index (χ2n) is 5.01. The van der Waals surface area contributed by atoms with E-state index in [0.29, 0.717) is 5.56 Å². The lowest BCUT2D eigenvalue weighted by Gasteiger charge is -2.24. The van der Waals surface area contributed by atoms with E-state index < -0.39 is 23.8 Å².